The molecule has 0 saturated carbocycles. The van der Waals surface area contributed by atoms with Crippen LogP contribution < -0.4 is 0 Å². The second kappa shape index (κ2) is 5.33. The van der Waals surface area contributed by atoms with Crippen molar-refractivity contribution in [3.63, 3.8) is 0 Å². The first-order chi connectivity index (χ1) is 8.52. The first kappa shape index (κ1) is 13.4. The molecule has 2 rings (SSSR count). The fraction of sp³-hybridized carbons (Fsp3) is 0.385. The molecule has 2 aromatic rings. The lowest BCUT2D eigenvalue weighted by Gasteiger charge is -2.06. The number of sulfone groups is 1. The number of aryl methyl sites for hydroxylation is 1. The van der Waals surface area contributed by atoms with E-state index in [1.54, 1.807) is 0 Å². The summed E-state index contributed by atoms with van der Waals surface area (Å²) in [6.07, 6.45) is 2.57. The van der Waals surface area contributed by atoms with Gasteiger partial charge in [-0.05, 0) is 30.0 Å². The second-order valence-electron chi connectivity index (χ2n) is 4.36. The molecule has 0 atom stereocenters. The lowest BCUT2D eigenvalue weighted by Crippen LogP contribution is -2.15. The zero-order chi connectivity index (χ0) is 13.2. The molecule has 5 heteroatoms. The summed E-state index contributed by atoms with van der Waals surface area (Å²) in [7, 11) is -2.94. The Bertz CT molecular complexity index is 646. The number of nitrogens with zero attached hydrogens (tertiary/aromatic N) is 1. The van der Waals surface area contributed by atoms with Crippen LogP contribution in [0.25, 0.3) is 10.9 Å². The van der Waals surface area contributed by atoms with Gasteiger partial charge in [0.05, 0.1) is 5.75 Å². The van der Waals surface area contributed by atoms with Gasteiger partial charge < -0.3 is 4.57 Å². The van der Waals surface area contributed by atoms with Gasteiger partial charge in [-0.1, -0.05) is 24.6 Å². The van der Waals surface area contributed by atoms with Crippen LogP contribution in [0.1, 0.15) is 13.3 Å². The van der Waals surface area contributed by atoms with Gasteiger partial charge in [0.15, 0.2) is 9.84 Å². The zero-order valence-electron chi connectivity index (χ0n) is 10.3. The van der Waals surface area contributed by atoms with E-state index < -0.39 is 9.84 Å². The maximum absolute atomic E-state index is 11.7. The van der Waals surface area contributed by atoms with Crippen molar-refractivity contribution in [3.05, 3.63) is 35.5 Å². The van der Waals surface area contributed by atoms with Gasteiger partial charge in [-0.15, -0.1) is 0 Å². The van der Waals surface area contributed by atoms with Crippen LogP contribution in [-0.2, 0) is 16.4 Å². The normalized spacial score (nSPS) is 12.1. The Balaban J connectivity index is 2.20. The Labute approximate surface area is 112 Å². The fourth-order valence-corrected chi connectivity index (χ4v) is 3.47. The highest BCUT2D eigenvalue weighted by Crippen LogP contribution is 2.20. The summed E-state index contributed by atoms with van der Waals surface area (Å²) in [5.74, 6) is 0.435. The minimum Gasteiger partial charge on any atom is -0.346 e. The van der Waals surface area contributed by atoms with E-state index in [2.05, 4.69) is 0 Å². The van der Waals surface area contributed by atoms with Crippen molar-refractivity contribution in [1.82, 2.24) is 4.57 Å². The quantitative estimate of drug-likeness (QED) is 0.847. The Morgan fingerprint density at radius 2 is 2.00 bits per heavy atom. The van der Waals surface area contributed by atoms with E-state index in [1.165, 1.54) is 0 Å². The number of benzene rings is 1. The highest BCUT2D eigenvalue weighted by Gasteiger charge is 2.10. The summed E-state index contributed by atoms with van der Waals surface area (Å²) in [6.45, 7) is 2.36. The van der Waals surface area contributed by atoms with E-state index in [0.717, 1.165) is 10.9 Å². The molecule has 0 bridgehead atoms. The molecule has 1 heterocycles. The largest absolute Gasteiger partial charge is 0.346 e. The van der Waals surface area contributed by atoms with E-state index in [0.29, 0.717) is 18.0 Å². The molecule has 0 N–H and O–H groups in total. The first-order valence-corrected chi connectivity index (χ1v) is 8.16. The zero-order valence-corrected chi connectivity index (χ0v) is 11.8. The highest BCUT2D eigenvalue weighted by atomic mass is 35.5. The van der Waals surface area contributed by atoms with E-state index in [-0.39, 0.29) is 11.5 Å². The number of aromatic nitrogens is 1. The third kappa shape index (κ3) is 3.06. The average Bonchev–Trinajstić information content (AvgIpc) is 2.69. The molecule has 0 amide bonds. The van der Waals surface area contributed by atoms with Crippen molar-refractivity contribution in [1.29, 1.82) is 0 Å². The van der Waals surface area contributed by atoms with Gasteiger partial charge in [0.25, 0.3) is 0 Å². The van der Waals surface area contributed by atoms with Crippen molar-refractivity contribution < 1.29 is 8.42 Å². The molecule has 0 saturated heterocycles. The van der Waals surface area contributed by atoms with Gasteiger partial charge in [0.2, 0.25) is 0 Å². The lowest BCUT2D eigenvalue weighted by atomic mass is 10.2. The smallest absolute Gasteiger partial charge is 0.152 e. The number of hydrogen-bond donors (Lipinski definition) is 0. The fourth-order valence-electron chi connectivity index (χ4n) is 2.00. The number of hydrogen-bond acceptors (Lipinski definition) is 2. The number of rotatable bonds is 5. The molecular formula is C13H16ClNO2S. The third-order valence-electron chi connectivity index (χ3n) is 2.89. The van der Waals surface area contributed by atoms with Gasteiger partial charge in [-0.3, -0.25) is 0 Å². The molecule has 1 aromatic heterocycles. The minimum atomic E-state index is -2.94. The Morgan fingerprint density at radius 3 is 2.72 bits per heavy atom. The predicted molar refractivity (Wildman–Crippen MR) is 75.9 cm³/mol. The van der Waals surface area contributed by atoms with Crippen LogP contribution in [0.2, 0.25) is 5.02 Å². The second-order valence-corrected chi connectivity index (χ2v) is 7.10. The van der Waals surface area contributed by atoms with Gasteiger partial charge >= 0.3 is 0 Å². The first-order valence-electron chi connectivity index (χ1n) is 5.96. The molecule has 3 nitrogen and oxygen atoms in total. The molecular weight excluding hydrogens is 270 g/mol. The Hall–Kier alpha value is -1.00. The molecule has 0 radical (unpaired) electrons. The molecule has 18 heavy (non-hydrogen) atoms. The molecule has 0 aliphatic rings. The maximum atomic E-state index is 11.7. The summed E-state index contributed by atoms with van der Waals surface area (Å²) in [6, 6.07) is 7.61. The van der Waals surface area contributed by atoms with Crippen molar-refractivity contribution >= 4 is 32.3 Å². The van der Waals surface area contributed by atoms with Crippen LogP contribution in [0, 0.1) is 0 Å². The van der Waals surface area contributed by atoms with Crippen LogP contribution in [0.15, 0.2) is 30.5 Å². The van der Waals surface area contributed by atoms with E-state index in [9.17, 15) is 8.42 Å². The standard InChI is InChI=1S/C13H16ClNO2S/c1-2-8-18(16,17)9-7-15-6-5-11-3-4-12(14)10-13(11)15/h3-6,10H,2,7-9H2,1H3. The number of fused-ring (bicyclic) bond motifs is 1. The summed E-state index contributed by atoms with van der Waals surface area (Å²) < 4.78 is 25.3. The maximum Gasteiger partial charge on any atom is 0.152 e. The van der Waals surface area contributed by atoms with Gasteiger partial charge in [0, 0.05) is 29.0 Å². The van der Waals surface area contributed by atoms with Crippen molar-refractivity contribution in [2.24, 2.45) is 0 Å². The summed E-state index contributed by atoms with van der Waals surface area (Å²) in [5.41, 5.74) is 0.981. The molecule has 0 unspecified atom stereocenters. The van der Waals surface area contributed by atoms with Gasteiger partial charge in [-0.25, -0.2) is 8.42 Å². The van der Waals surface area contributed by atoms with Gasteiger partial charge in [0.1, 0.15) is 0 Å². The summed E-state index contributed by atoms with van der Waals surface area (Å²) >= 11 is 5.96. The molecule has 0 spiro atoms. The SMILES string of the molecule is CCCS(=O)(=O)CCn1ccc2ccc(Cl)cc21. The molecule has 0 aliphatic carbocycles. The predicted octanol–water partition coefficient (Wildman–Crippen LogP) is 3.12. The van der Waals surface area contributed by atoms with E-state index in [4.69, 9.17) is 11.6 Å². The average molecular weight is 286 g/mol. The third-order valence-corrected chi connectivity index (χ3v) is 4.96. The molecule has 98 valence electrons. The van der Waals surface area contributed by atoms with Gasteiger partial charge in [-0.2, -0.15) is 0 Å². The monoisotopic (exact) mass is 285 g/mol. The Kier molecular flexibility index (Phi) is 3.97. The number of halogens is 1. The van der Waals surface area contributed by atoms with Crippen molar-refractivity contribution in [2.75, 3.05) is 11.5 Å². The molecule has 0 aliphatic heterocycles. The minimum absolute atomic E-state index is 0.178. The van der Waals surface area contributed by atoms with Crippen molar-refractivity contribution in [3.8, 4) is 0 Å². The van der Waals surface area contributed by atoms with Crippen LogP contribution in [0.3, 0.4) is 0 Å². The highest BCUT2D eigenvalue weighted by molar-refractivity contribution is 7.91. The van der Waals surface area contributed by atoms with Crippen LogP contribution >= 0.6 is 11.6 Å². The van der Waals surface area contributed by atoms with E-state index >= 15 is 0 Å². The summed E-state index contributed by atoms with van der Waals surface area (Å²) in [4.78, 5) is 0. The lowest BCUT2D eigenvalue weighted by molar-refractivity contribution is 0.588. The molecule has 1 aromatic carbocycles. The van der Waals surface area contributed by atoms with Crippen molar-refractivity contribution in [2.45, 2.75) is 19.9 Å². The Morgan fingerprint density at radius 1 is 1.22 bits per heavy atom. The molecule has 0 fully saturated rings. The summed E-state index contributed by atoms with van der Waals surface area (Å²) in [5, 5.41) is 1.74. The van der Waals surface area contributed by atoms with E-state index in [1.807, 2.05) is 42.0 Å². The topological polar surface area (TPSA) is 39.1 Å². The van der Waals surface area contributed by atoms with Crippen LogP contribution in [0.5, 0.6) is 0 Å². The van der Waals surface area contributed by atoms with Crippen LogP contribution in [-0.4, -0.2) is 24.5 Å². The van der Waals surface area contributed by atoms with Crippen LogP contribution in [0.4, 0.5) is 0 Å².